The second-order valence-corrected chi connectivity index (χ2v) is 5.43. The molecule has 0 aliphatic rings. The van der Waals surface area contributed by atoms with Crippen molar-refractivity contribution in [3.05, 3.63) is 23.2 Å². The van der Waals surface area contributed by atoms with Gasteiger partial charge in [0.25, 0.3) is 0 Å². The third-order valence-electron chi connectivity index (χ3n) is 2.42. The number of hydrogen-bond donors (Lipinski definition) is 3. The van der Waals surface area contributed by atoms with Gasteiger partial charge in [0, 0.05) is 17.9 Å². The number of aromatic carboxylic acids is 1. The Bertz CT molecular complexity index is 414. The predicted molar refractivity (Wildman–Crippen MR) is 71.1 cm³/mol. The van der Waals surface area contributed by atoms with Crippen molar-refractivity contribution in [1.29, 1.82) is 0 Å². The van der Waals surface area contributed by atoms with Gasteiger partial charge in [0.1, 0.15) is 5.76 Å². The fourth-order valence-electron chi connectivity index (χ4n) is 1.66. The molecule has 0 amide bonds. The van der Waals surface area contributed by atoms with Crippen LogP contribution in [0.3, 0.4) is 0 Å². The molecular formula is C12H19NO4S. The molecule has 3 N–H and O–H groups in total. The molecule has 0 aliphatic heterocycles. The number of thioether (sulfide) groups is 1. The van der Waals surface area contributed by atoms with Gasteiger partial charge in [-0.1, -0.05) is 0 Å². The number of carbonyl (C=O) groups is 1. The van der Waals surface area contributed by atoms with E-state index in [1.807, 2.05) is 6.26 Å². The summed E-state index contributed by atoms with van der Waals surface area (Å²) in [5, 5.41) is 21.8. The van der Waals surface area contributed by atoms with E-state index in [2.05, 4.69) is 5.32 Å². The summed E-state index contributed by atoms with van der Waals surface area (Å²) in [6.07, 6.45) is 1.93. The van der Waals surface area contributed by atoms with E-state index < -0.39 is 11.6 Å². The highest BCUT2D eigenvalue weighted by Gasteiger charge is 2.19. The van der Waals surface area contributed by atoms with Crippen molar-refractivity contribution >= 4 is 17.7 Å². The van der Waals surface area contributed by atoms with Crippen LogP contribution < -0.4 is 5.32 Å². The van der Waals surface area contributed by atoms with Crippen molar-refractivity contribution in [2.45, 2.75) is 26.0 Å². The largest absolute Gasteiger partial charge is 0.475 e. The fraction of sp³-hybridized carbons (Fsp3) is 0.583. The van der Waals surface area contributed by atoms with Gasteiger partial charge in [-0.05, 0) is 26.2 Å². The SMILES string of the molecule is CSCC(C)(O)CNCc1cc(C)c(C(=O)O)o1. The summed E-state index contributed by atoms with van der Waals surface area (Å²) < 4.78 is 5.20. The Hall–Kier alpha value is -0.980. The lowest BCUT2D eigenvalue weighted by atomic mass is 10.1. The molecule has 1 heterocycles. The first-order chi connectivity index (χ1) is 8.35. The number of hydrogen-bond acceptors (Lipinski definition) is 5. The molecule has 0 spiro atoms. The fourth-order valence-corrected chi connectivity index (χ4v) is 2.39. The Morgan fingerprint density at radius 3 is 2.78 bits per heavy atom. The third-order valence-corrected chi connectivity index (χ3v) is 3.33. The van der Waals surface area contributed by atoms with Crippen LogP contribution in [0.25, 0.3) is 0 Å². The molecular weight excluding hydrogens is 254 g/mol. The molecule has 0 saturated carbocycles. The van der Waals surface area contributed by atoms with Crippen molar-refractivity contribution in [3.63, 3.8) is 0 Å². The molecule has 102 valence electrons. The Kier molecular flexibility index (Phi) is 5.25. The second kappa shape index (κ2) is 6.26. The van der Waals surface area contributed by atoms with Crippen LogP contribution in [-0.2, 0) is 6.54 Å². The molecule has 1 aromatic rings. The van der Waals surface area contributed by atoms with Crippen LogP contribution in [0.15, 0.2) is 10.5 Å². The minimum absolute atomic E-state index is 0.0253. The first-order valence-corrected chi connectivity index (χ1v) is 7.00. The number of furan rings is 1. The maximum absolute atomic E-state index is 10.8. The molecule has 1 unspecified atom stereocenters. The molecule has 0 fully saturated rings. The van der Waals surface area contributed by atoms with Crippen LogP contribution in [0.5, 0.6) is 0 Å². The van der Waals surface area contributed by atoms with Crippen molar-refractivity contribution in [2.24, 2.45) is 0 Å². The van der Waals surface area contributed by atoms with E-state index in [-0.39, 0.29) is 5.76 Å². The van der Waals surface area contributed by atoms with Gasteiger partial charge in [-0.3, -0.25) is 0 Å². The smallest absolute Gasteiger partial charge is 0.372 e. The zero-order chi connectivity index (χ0) is 13.8. The molecule has 1 rings (SSSR count). The lowest BCUT2D eigenvalue weighted by molar-refractivity contribution is 0.0656. The zero-order valence-corrected chi connectivity index (χ0v) is 11.6. The molecule has 1 aromatic heterocycles. The normalized spacial score (nSPS) is 14.4. The maximum atomic E-state index is 10.8. The minimum Gasteiger partial charge on any atom is -0.475 e. The minimum atomic E-state index is -1.06. The monoisotopic (exact) mass is 273 g/mol. The predicted octanol–water partition coefficient (Wildman–Crippen LogP) is 1.49. The maximum Gasteiger partial charge on any atom is 0.372 e. The van der Waals surface area contributed by atoms with Crippen molar-refractivity contribution < 1.29 is 19.4 Å². The van der Waals surface area contributed by atoms with E-state index in [0.717, 1.165) is 0 Å². The van der Waals surface area contributed by atoms with Gasteiger partial charge >= 0.3 is 5.97 Å². The van der Waals surface area contributed by atoms with Gasteiger partial charge in [0.2, 0.25) is 5.76 Å². The van der Waals surface area contributed by atoms with Gasteiger partial charge in [-0.15, -0.1) is 0 Å². The van der Waals surface area contributed by atoms with Crippen molar-refractivity contribution in [3.8, 4) is 0 Å². The van der Waals surface area contributed by atoms with Crippen LogP contribution in [-0.4, -0.2) is 40.3 Å². The number of aliphatic hydroxyl groups is 1. The molecule has 1 atom stereocenters. The van der Waals surface area contributed by atoms with Crippen molar-refractivity contribution in [2.75, 3.05) is 18.6 Å². The standard InChI is InChI=1S/C12H19NO4S/c1-8-4-9(17-10(8)11(14)15)5-13-6-12(2,16)7-18-3/h4,13,16H,5-7H2,1-3H3,(H,14,15). The number of carboxylic acids is 1. The van der Waals surface area contributed by atoms with E-state index in [4.69, 9.17) is 9.52 Å². The Labute approximate surface area is 111 Å². The summed E-state index contributed by atoms with van der Waals surface area (Å²) in [5.41, 5.74) is -0.174. The first kappa shape index (κ1) is 15.1. The van der Waals surface area contributed by atoms with Crippen LogP contribution in [0, 0.1) is 6.92 Å². The summed E-state index contributed by atoms with van der Waals surface area (Å²) in [4.78, 5) is 10.8. The van der Waals surface area contributed by atoms with Crippen LogP contribution in [0.2, 0.25) is 0 Å². The molecule has 0 aliphatic carbocycles. The average molecular weight is 273 g/mol. The van der Waals surface area contributed by atoms with E-state index in [1.54, 1.807) is 31.7 Å². The second-order valence-electron chi connectivity index (χ2n) is 4.56. The summed E-state index contributed by atoms with van der Waals surface area (Å²) in [7, 11) is 0. The van der Waals surface area contributed by atoms with Gasteiger partial charge in [-0.2, -0.15) is 11.8 Å². The molecule has 0 saturated heterocycles. The summed E-state index contributed by atoms with van der Waals surface area (Å²) >= 11 is 1.57. The summed E-state index contributed by atoms with van der Waals surface area (Å²) in [6.45, 7) is 4.28. The highest BCUT2D eigenvalue weighted by atomic mass is 32.2. The zero-order valence-electron chi connectivity index (χ0n) is 10.8. The van der Waals surface area contributed by atoms with Gasteiger partial charge in [-0.25, -0.2) is 4.79 Å². The molecule has 0 aromatic carbocycles. The van der Waals surface area contributed by atoms with Gasteiger partial charge in [0.05, 0.1) is 12.1 Å². The Balaban J connectivity index is 2.49. The highest BCUT2D eigenvalue weighted by Crippen LogP contribution is 2.15. The van der Waals surface area contributed by atoms with E-state index in [9.17, 15) is 9.90 Å². The molecule has 6 heteroatoms. The number of carboxylic acid groups (broad SMARTS) is 1. The average Bonchev–Trinajstić information content (AvgIpc) is 2.59. The van der Waals surface area contributed by atoms with E-state index in [1.165, 1.54) is 0 Å². The molecule has 18 heavy (non-hydrogen) atoms. The number of aryl methyl sites for hydroxylation is 1. The first-order valence-electron chi connectivity index (χ1n) is 5.60. The van der Waals surface area contributed by atoms with Crippen molar-refractivity contribution in [1.82, 2.24) is 5.32 Å². The summed E-state index contributed by atoms with van der Waals surface area (Å²) in [5.74, 6) is 0.109. The molecule has 0 radical (unpaired) electrons. The topological polar surface area (TPSA) is 82.7 Å². The lowest BCUT2D eigenvalue weighted by Crippen LogP contribution is -2.39. The molecule has 5 nitrogen and oxygen atoms in total. The lowest BCUT2D eigenvalue weighted by Gasteiger charge is -2.22. The van der Waals surface area contributed by atoms with E-state index >= 15 is 0 Å². The Morgan fingerprint density at radius 2 is 2.28 bits per heavy atom. The third kappa shape index (κ3) is 4.36. The number of nitrogens with one attached hydrogen (secondary N) is 1. The quantitative estimate of drug-likeness (QED) is 0.698. The Morgan fingerprint density at radius 1 is 1.61 bits per heavy atom. The van der Waals surface area contributed by atoms with Gasteiger partial charge < -0.3 is 19.9 Å². The van der Waals surface area contributed by atoms with E-state index in [0.29, 0.717) is 30.2 Å². The highest BCUT2D eigenvalue weighted by molar-refractivity contribution is 7.98. The van der Waals surface area contributed by atoms with Crippen LogP contribution >= 0.6 is 11.8 Å². The summed E-state index contributed by atoms with van der Waals surface area (Å²) in [6, 6.07) is 1.69. The van der Waals surface area contributed by atoms with Crippen LogP contribution in [0.4, 0.5) is 0 Å². The number of rotatable bonds is 7. The molecule has 0 bridgehead atoms. The van der Waals surface area contributed by atoms with Crippen LogP contribution in [0.1, 0.15) is 28.8 Å². The van der Waals surface area contributed by atoms with Gasteiger partial charge in [0.15, 0.2) is 0 Å².